The molecule has 27 heavy (non-hydrogen) atoms. The molecule has 0 saturated heterocycles. The minimum absolute atomic E-state index is 0.0322. The smallest absolute Gasteiger partial charge is 0.387 e. The van der Waals surface area contributed by atoms with E-state index in [2.05, 4.69) is 10.1 Å². The molecule has 1 amide bonds. The Morgan fingerprint density at radius 2 is 2.04 bits per heavy atom. The summed E-state index contributed by atoms with van der Waals surface area (Å²) in [5.41, 5.74) is 1.49. The number of carbonyl (C=O) groups is 1. The molecule has 0 heterocycles. The van der Waals surface area contributed by atoms with Gasteiger partial charge < -0.3 is 14.8 Å². The maximum absolute atomic E-state index is 12.5. The van der Waals surface area contributed by atoms with Crippen LogP contribution < -0.4 is 14.8 Å². The second kappa shape index (κ2) is 8.31. The summed E-state index contributed by atoms with van der Waals surface area (Å²) >= 11 is 12.2. The lowest BCUT2D eigenvalue weighted by Crippen LogP contribution is -2.25. The first kappa shape index (κ1) is 19.7. The van der Waals surface area contributed by atoms with E-state index < -0.39 is 6.61 Å². The van der Waals surface area contributed by atoms with Gasteiger partial charge in [0, 0.05) is 12.5 Å². The van der Waals surface area contributed by atoms with Crippen LogP contribution in [0.25, 0.3) is 0 Å². The topological polar surface area (TPSA) is 47.6 Å². The summed E-state index contributed by atoms with van der Waals surface area (Å²) in [7, 11) is 1.36. The first-order chi connectivity index (χ1) is 12.9. The van der Waals surface area contributed by atoms with Gasteiger partial charge in [0.05, 0.1) is 17.2 Å². The maximum Gasteiger partial charge on any atom is 0.387 e. The van der Waals surface area contributed by atoms with E-state index in [1.807, 2.05) is 6.07 Å². The molecule has 0 radical (unpaired) electrons. The van der Waals surface area contributed by atoms with Gasteiger partial charge in [0.1, 0.15) is 0 Å². The highest BCUT2D eigenvalue weighted by Gasteiger charge is 2.44. The Labute approximate surface area is 165 Å². The molecule has 2 aromatic carbocycles. The number of rotatable bonds is 7. The van der Waals surface area contributed by atoms with Crippen LogP contribution >= 0.6 is 23.2 Å². The normalized spacial score (nSPS) is 18.3. The number of alkyl halides is 2. The van der Waals surface area contributed by atoms with Crippen molar-refractivity contribution in [1.29, 1.82) is 0 Å². The van der Waals surface area contributed by atoms with Crippen LogP contribution in [-0.4, -0.2) is 19.6 Å². The third kappa shape index (κ3) is 4.62. The summed E-state index contributed by atoms with van der Waals surface area (Å²) in [5.74, 6) is -0.151. The van der Waals surface area contributed by atoms with Crippen LogP contribution in [0.2, 0.25) is 10.0 Å². The maximum atomic E-state index is 12.5. The highest BCUT2D eigenvalue weighted by molar-refractivity contribution is 6.42. The van der Waals surface area contributed by atoms with Crippen LogP contribution in [0.1, 0.15) is 23.5 Å². The van der Waals surface area contributed by atoms with Crippen LogP contribution in [0.4, 0.5) is 8.78 Å². The van der Waals surface area contributed by atoms with Gasteiger partial charge in [-0.15, -0.1) is 0 Å². The standard InChI is InChI=1S/C19H17Cl2F2NO3/c1-26-15-6-5-10(7-16(15)27-19(22)23)9-24-18(25)13-8-12(13)11-3-2-4-14(20)17(11)21/h2-7,12-13,19H,8-9H2,1H3,(H,24,25). The van der Waals surface area contributed by atoms with E-state index in [4.69, 9.17) is 27.9 Å². The molecule has 2 unspecified atom stereocenters. The van der Waals surface area contributed by atoms with Gasteiger partial charge in [-0.05, 0) is 41.7 Å². The van der Waals surface area contributed by atoms with Crippen molar-refractivity contribution in [3.05, 3.63) is 57.6 Å². The molecule has 1 N–H and O–H groups in total. The van der Waals surface area contributed by atoms with Crippen molar-refractivity contribution in [3.8, 4) is 11.5 Å². The average molecular weight is 416 g/mol. The first-order valence-corrected chi connectivity index (χ1v) is 8.99. The Kier molecular flexibility index (Phi) is 6.07. The van der Waals surface area contributed by atoms with Crippen molar-refractivity contribution in [3.63, 3.8) is 0 Å². The molecule has 144 valence electrons. The summed E-state index contributed by atoms with van der Waals surface area (Å²) in [5, 5.41) is 3.75. The number of benzene rings is 2. The summed E-state index contributed by atoms with van der Waals surface area (Å²) < 4.78 is 34.4. The van der Waals surface area contributed by atoms with Gasteiger partial charge in [0.2, 0.25) is 5.91 Å². The number of hydrogen-bond acceptors (Lipinski definition) is 3. The fourth-order valence-electron chi connectivity index (χ4n) is 2.97. The minimum Gasteiger partial charge on any atom is -0.493 e. The zero-order valence-corrected chi connectivity index (χ0v) is 15.9. The first-order valence-electron chi connectivity index (χ1n) is 8.24. The molecule has 0 bridgehead atoms. The highest BCUT2D eigenvalue weighted by Crippen LogP contribution is 2.50. The van der Waals surface area contributed by atoms with Gasteiger partial charge in [-0.2, -0.15) is 8.78 Å². The molecule has 8 heteroatoms. The molecular weight excluding hydrogens is 399 g/mol. The van der Waals surface area contributed by atoms with Crippen molar-refractivity contribution in [2.75, 3.05) is 7.11 Å². The van der Waals surface area contributed by atoms with Crippen LogP contribution in [0.15, 0.2) is 36.4 Å². The van der Waals surface area contributed by atoms with E-state index >= 15 is 0 Å². The Balaban J connectivity index is 1.61. The van der Waals surface area contributed by atoms with Gasteiger partial charge in [-0.1, -0.05) is 41.4 Å². The van der Waals surface area contributed by atoms with Gasteiger partial charge in [0.15, 0.2) is 11.5 Å². The quantitative estimate of drug-likeness (QED) is 0.690. The van der Waals surface area contributed by atoms with Crippen LogP contribution in [0, 0.1) is 5.92 Å². The molecule has 1 fully saturated rings. The molecule has 2 aromatic rings. The number of carbonyl (C=O) groups excluding carboxylic acids is 1. The predicted molar refractivity (Wildman–Crippen MR) is 98.8 cm³/mol. The minimum atomic E-state index is -2.96. The number of ether oxygens (including phenoxy) is 2. The van der Waals surface area contributed by atoms with Crippen molar-refractivity contribution >= 4 is 29.1 Å². The van der Waals surface area contributed by atoms with E-state index in [1.54, 1.807) is 18.2 Å². The van der Waals surface area contributed by atoms with E-state index in [-0.39, 0.29) is 35.8 Å². The van der Waals surface area contributed by atoms with E-state index in [1.165, 1.54) is 19.2 Å². The SMILES string of the molecule is COc1ccc(CNC(=O)C2CC2c2cccc(Cl)c2Cl)cc1OC(F)F. The molecule has 4 nitrogen and oxygen atoms in total. The Morgan fingerprint density at radius 1 is 1.26 bits per heavy atom. The van der Waals surface area contributed by atoms with Crippen molar-refractivity contribution in [2.24, 2.45) is 5.92 Å². The monoisotopic (exact) mass is 415 g/mol. The Bertz CT molecular complexity index is 848. The van der Waals surface area contributed by atoms with Crippen LogP contribution in [-0.2, 0) is 11.3 Å². The van der Waals surface area contributed by atoms with E-state index in [9.17, 15) is 13.6 Å². The van der Waals surface area contributed by atoms with E-state index in [0.717, 1.165) is 5.56 Å². The molecule has 1 saturated carbocycles. The lowest BCUT2D eigenvalue weighted by atomic mass is 10.1. The molecule has 2 atom stereocenters. The van der Waals surface area contributed by atoms with Crippen molar-refractivity contribution < 1.29 is 23.0 Å². The Morgan fingerprint density at radius 3 is 2.74 bits per heavy atom. The molecule has 0 aromatic heterocycles. The third-order valence-corrected chi connectivity index (χ3v) is 5.25. The van der Waals surface area contributed by atoms with Crippen molar-refractivity contribution in [2.45, 2.75) is 25.5 Å². The van der Waals surface area contributed by atoms with Crippen molar-refractivity contribution in [1.82, 2.24) is 5.32 Å². The number of methoxy groups -OCH3 is 1. The van der Waals surface area contributed by atoms with E-state index in [0.29, 0.717) is 22.0 Å². The summed E-state index contributed by atoms with van der Waals surface area (Å²) in [6.45, 7) is -2.77. The lowest BCUT2D eigenvalue weighted by Gasteiger charge is -2.12. The average Bonchev–Trinajstić information content (AvgIpc) is 3.42. The summed E-state index contributed by atoms with van der Waals surface area (Å²) in [6.07, 6.45) is 0.689. The van der Waals surface area contributed by atoms with Gasteiger partial charge in [-0.25, -0.2) is 0 Å². The van der Waals surface area contributed by atoms with Crippen LogP contribution in [0.3, 0.4) is 0 Å². The van der Waals surface area contributed by atoms with Gasteiger partial charge in [0.25, 0.3) is 0 Å². The van der Waals surface area contributed by atoms with Gasteiger partial charge >= 0.3 is 6.61 Å². The number of hydrogen-bond donors (Lipinski definition) is 1. The molecule has 0 aliphatic heterocycles. The molecule has 0 spiro atoms. The molecule has 3 rings (SSSR count). The molecule has 1 aliphatic carbocycles. The third-order valence-electron chi connectivity index (χ3n) is 4.42. The Hall–Kier alpha value is -2.05. The number of amides is 1. The van der Waals surface area contributed by atoms with Gasteiger partial charge in [-0.3, -0.25) is 4.79 Å². The summed E-state index contributed by atoms with van der Waals surface area (Å²) in [4.78, 5) is 12.4. The predicted octanol–water partition coefficient (Wildman–Crippen LogP) is 5.02. The molecular formula is C19H17Cl2F2NO3. The zero-order valence-electron chi connectivity index (χ0n) is 14.3. The fraction of sp³-hybridized carbons (Fsp3) is 0.316. The summed E-state index contributed by atoms with van der Waals surface area (Å²) in [6, 6.07) is 9.99. The lowest BCUT2D eigenvalue weighted by molar-refractivity contribution is -0.122. The molecule has 1 aliphatic rings. The highest BCUT2D eigenvalue weighted by atomic mass is 35.5. The largest absolute Gasteiger partial charge is 0.493 e. The second-order valence-corrected chi connectivity index (χ2v) is 6.96. The fourth-order valence-corrected chi connectivity index (χ4v) is 3.42. The van der Waals surface area contributed by atoms with Crippen LogP contribution in [0.5, 0.6) is 11.5 Å². The zero-order chi connectivity index (χ0) is 19.6. The second-order valence-electron chi connectivity index (χ2n) is 6.17. The number of halogens is 4. The number of nitrogens with one attached hydrogen (secondary N) is 1.